The summed E-state index contributed by atoms with van der Waals surface area (Å²) in [6.07, 6.45) is 1.98. The molecule has 0 unspecified atom stereocenters. The second-order valence-electron chi connectivity index (χ2n) is 4.90. The highest BCUT2D eigenvalue weighted by atomic mass is 35.5. The number of benzene rings is 1. The van der Waals surface area contributed by atoms with Crippen molar-refractivity contribution in [2.24, 2.45) is 0 Å². The molecule has 0 aromatic heterocycles. The van der Waals surface area contributed by atoms with Crippen molar-refractivity contribution in [2.75, 3.05) is 7.05 Å². The topological polar surface area (TPSA) is 54.5 Å². The summed E-state index contributed by atoms with van der Waals surface area (Å²) in [4.78, 5) is 11.3. The van der Waals surface area contributed by atoms with Gasteiger partial charge in [-0.2, -0.15) is 4.31 Å². The highest BCUT2D eigenvalue weighted by Gasteiger charge is 2.31. The molecule has 1 saturated carbocycles. The summed E-state index contributed by atoms with van der Waals surface area (Å²) in [7, 11) is -2.12. The van der Waals surface area contributed by atoms with E-state index in [4.69, 9.17) is 23.2 Å². The first-order valence-corrected chi connectivity index (χ1v) is 8.46. The molecule has 1 aromatic carbocycles. The van der Waals surface area contributed by atoms with Gasteiger partial charge in [-0.3, -0.25) is 4.79 Å². The van der Waals surface area contributed by atoms with E-state index in [0.717, 1.165) is 0 Å². The number of Topliss-reactive ketones (excluding diaryl/α,β-unsaturated/α-hetero) is 1. The molecular formula is C13H15Cl2NO3S. The third-order valence-corrected chi connectivity index (χ3v) is 5.86. The first kappa shape index (κ1) is 15.8. The molecule has 0 aliphatic heterocycles. The van der Waals surface area contributed by atoms with E-state index in [0.29, 0.717) is 25.7 Å². The molecular weight excluding hydrogens is 321 g/mol. The summed E-state index contributed by atoms with van der Waals surface area (Å²) in [5, 5.41) is 0.562. The summed E-state index contributed by atoms with van der Waals surface area (Å²) < 4.78 is 26.4. The molecule has 4 nitrogen and oxygen atoms in total. The summed E-state index contributed by atoms with van der Waals surface area (Å²) in [5.41, 5.74) is 0. The minimum atomic E-state index is -3.65. The van der Waals surface area contributed by atoms with Gasteiger partial charge < -0.3 is 0 Å². The van der Waals surface area contributed by atoms with Crippen LogP contribution in [0, 0.1) is 0 Å². The van der Waals surface area contributed by atoms with E-state index < -0.39 is 10.0 Å². The smallest absolute Gasteiger partial charge is 0.243 e. The van der Waals surface area contributed by atoms with Crippen LogP contribution in [0.4, 0.5) is 0 Å². The molecule has 0 radical (unpaired) electrons. The molecule has 0 bridgehead atoms. The number of sulfonamides is 1. The Hall–Kier alpha value is -0.620. The zero-order valence-corrected chi connectivity index (χ0v) is 13.3. The van der Waals surface area contributed by atoms with Gasteiger partial charge in [-0.05, 0) is 31.0 Å². The number of nitrogens with zero attached hydrogens (tertiary/aromatic N) is 1. The SMILES string of the molecule is CN(C1CCC(=O)CC1)S(=O)(=O)c1cc(Cl)cc(Cl)c1. The van der Waals surface area contributed by atoms with Crippen molar-refractivity contribution in [3.05, 3.63) is 28.2 Å². The maximum atomic E-state index is 12.5. The number of carbonyl (C=O) groups is 1. The van der Waals surface area contributed by atoms with Gasteiger partial charge in [-0.1, -0.05) is 23.2 Å². The second kappa shape index (κ2) is 6.02. The van der Waals surface area contributed by atoms with Crippen molar-refractivity contribution in [2.45, 2.75) is 36.6 Å². The third-order valence-electron chi connectivity index (χ3n) is 3.54. The average molecular weight is 336 g/mol. The normalized spacial score (nSPS) is 17.7. The van der Waals surface area contributed by atoms with Crippen LogP contribution in [0.5, 0.6) is 0 Å². The maximum Gasteiger partial charge on any atom is 0.243 e. The van der Waals surface area contributed by atoms with Gasteiger partial charge in [0.15, 0.2) is 0 Å². The Morgan fingerprint density at radius 2 is 1.60 bits per heavy atom. The van der Waals surface area contributed by atoms with E-state index in [2.05, 4.69) is 0 Å². The monoisotopic (exact) mass is 335 g/mol. The number of rotatable bonds is 3. The number of carbonyl (C=O) groups excluding carboxylic acids is 1. The van der Waals surface area contributed by atoms with Gasteiger partial charge in [0.25, 0.3) is 0 Å². The van der Waals surface area contributed by atoms with Crippen molar-refractivity contribution < 1.29 is 13.2 Å². The maximum absolute atomic E-state index is 12.5. The van der Waals surface area contributed by atoms with Gasteiger partial charge >= 0.3 is 0 Å². The third kappa shape index (κ3) is 3.34. The van der Waals surface area contributed by atoms with Crippen LogP contribution in [0.15, 0.2) is 23.1 Å². The van der Waals surface area contributed by atoms with Gasteiger partial charge in [-0.25, -0.2) is 8.42 Å². The molecule has 1 aromatic rings. The lowest BCUT2D eigenvalue weighted by atomic mass is 9.95. The van der Waals surface area contributed by atoms with Crippen LogP contribution < -0.4 is 0 Å². The van der Waals surface area contributed by atoms with Crippen LogP contribution in [0.25, 0.3) is 0 Å². The summed E-state index contributed by atoms with van der Waals surface area (Å²) >= 11 is 11.7. The Kier molecular flexibility index (Phi) is 4.74. The van der Waals surface area contributed by atoms with Gasteiger partial charge in [0, 0.05) is 36.0 Å². The van der Waals surface area contributed by atoms with E-state index in [9.17, 15) is 13.2 Å². The highest BCUT2D eigenvalue weighted by Crippen LogP contribution is 2.28. The van der Waals surface area contributed by atoms with E-state index >= 15 is 0 Å². The molecule has 0 N–H and O–H groups in total. The van der Waals surface area contributed by atoms with Crippen LogP contribution in [0.1, 0.15) is 25.7 Å². The molecule has 0 heterocycles. The number of hydrogen-bond donors (Lipinski definition) is 0. The van der Waals surface area contributed by atoms with Gasteiger partial charge in [0.1, 0.15) is 5.78 Å². The van der Waals surface area contributed by atoms with Crippen LogP contribution in [-0.2, 0) is 14.8 Å². The Labute approximate surface area is 128 Å². The first-order valence-electron chi connectivity index (χ1n) is 6.26. The predicted molar refractivity (Wildman–Crippen MR) is 78.7 cm³/mol. The number of halogens is 2. The molecule has 7 heteroatoms. The molecule has 1 aliphatic carbocycles. The first-order chi connectivity index (χ1) is 9.30. The molecule has 1 fully saturated rings. The van der Waals surface area contributed by atoms with Crippen LogP contribution in [-0.4, -0.2) is 31.6 Å². The lowest BCUT2D eigenvalue weighted by Gasteiger charge is -2.30. The molecule has 1 aliphatic rings. The van der Waals surface area contributed by atoms with Crippen molar-refractivity contribution in [3.63, 3.8) is 0 Å². The minimum absolute atomic E-state index is 0.0781. The average Bonchev–Trinajstić information content (AvgIpc) is 2.37. The zero-order chi connectivity index (χ0) is 14.9. The summed E-state index contributed by atoms with van der Waals surface area (Å²) in [5.74, 6) is 0.192. The highest BCUT2D eigenvalue weighted by molar-refractivity contribution is 7.89. The molecule has 110 valence electrons. The Bertz CT molecular complexity index is 600. The van der Waals surface area contributed by atoms with E-state index in [1.807, 2.05) is 0 Å². The van der Waals surface area contributed by atoms with Crippen LogP contribution in [0.3, 0.4) is 0 Å². The molecule has 0 saturated heterocycles. The lowest BCUT2D eigenvalue weighted by molar-refractivity contribution is -0.120. The predicted octanol–water partition coefficient (Wildman–Crippen LogP) is 3.13. The zero-order valence-electron chi connectivity index (χ0n) is 11.0. The molecule has 0 amide bonds. The van der Waals surface area contributed by atoms with Crippen molar-refractivity contribution >= 4 is 39.0 Å². The van der Waals surface area contributed by atoms with Crippen molar-refractivity contribution in [1.82, 2.24) is 4.31 Å². The molecule has 20 heavy (non-hydrogen) atoms. The number of ketones is 1. The Morgan fingerprint density at radius 1 is 1.10 bits per heavy atom. The Morgan fingerprint density at radius 3 is 2.10 bits per heavy atom. The fourth-order valence-electron chi connectivity index (χ4n) is 2.33. The summed E-state index contributed by atoms with van der Waals surface area (Å²) in [6.45, 7) is 0. The van der Waals surface area contributed by atoms with Crippen LogP contribution in [0.2, 0.25) is 10.0 Å². The van der Waals surface area contributed by atoms with E-state index in [1.54, 1.807) is 0 Å². The number of hydrogen-bond acceptors (Lipinski definition) is 3. The second-order valence-corrected chi connectivity index (χ2v) is 7.77. The van der Waals surface area contributed by atoms with Crippen LogP contribution >= 0.6 is 23.2 Å². The van der Waals surface area contributed by atoms with Crippen molar-refractivity contribution in [1.29, 1.82) is 0 Å². The standard InChI is InChI=1S/C13H15Cl2NO3S/c1-16(11-2-4-12(17)5-3-11)20(18,19)13-7-9(14)6-10(15)8-13/h6-8,11H,2-5H2,1H3. The molecule has 0 atom stereocenters. The largest absolute Gasteiger partial charge is 0.300 e. The fourth-order valence-corrected chi connectivity index (χ4v) is 4.47. The Balaban J connectivity index is 2.27. The van der Waals surface area contributed by atoms with Gasteiger partial charge in [0.2, 0.25) is 10.0 Å². The molecule has 2 rings (SSSR count). The van der Waals surface area contributed by atoms with E-state index in [1.165, 1.54) is 29.6 Å². The van der Waals surface area contributed by atoms with Gasteiger partial charge in [-0.15, -0.1) is 0 Å². The van der Waals surface area contributed by atoms with Crippen molar-refractivity contribution in [3.8, 4) is 0 Å². The fraction of sp³-hybridized carbons (Fsp3) is 0.462. The lowest BCUT2D eigenvalue weighted by Crippen LogP contribution is -2.39. The molecule has 0 spiro atoms. The van der Waals surface area contributed by atoms with Gasteiger partial charge in [0.05, 0.1) is 4.90 Å². The quantitative estimate of drug-likeness (QED) is 0.852. The minimum Gasteiger partial charge on any atom is -0.300 e. The van der Waals surface area contributed by atoms with E-state index in [-0.39, 0.29) is 26.8 Å². The summed E-state index contributed by atoms with van der Waals surface area (Å²) in [6, 6.07) is 4.09.